The number of amides is 1. The van der Waals surface area contributed by atoms with Gasteiger partial charge in [0.15, 0.2) is 0 Å². The number of hydrogen-bond acceptors (Lipinski definition) is 4. The van der Waals surface area contributed by atoms with Crippen molar-refractivity contribution in [3.8, 4) is 5.75 Å². The van der Waals surface area contributed by atoms with Gasteiger partial charge in [0.25, 0.3) is 0 Å². The summed E-state index contributed by atoms with van der Waals surface area (Å²) in [5, 5.41) is 3.40. The number of primary amides is 1. The lowest BCUT2D eigenvalue weighted by Crippen LogP contribution is -2.15. The van der Waals surface area contributed by atoms with Gasteiger partial charge in [-0.1, -0.05) is 19.1 Å². The second-order valence-corrected chi connectivity index (χ2v) is 4.68. The van der Waals surface area contributed by atoms with Gasteiger partial charge in [-0.25, -0.2) is 0 Å². The number of nitrogens with one attached hydrogen (secondary N) is 1. The van der Waals surface area contributed by atoms with Gasteiger partial charge in [0.2, 0.25) is 5.91 Å². The first kappa shape index (κ1) is 15.0. The Kier molecular flexibility index (Phi) is 5.26. The van der Waals surface area contributed by atoms with Crippen molar-refractivity contribution in [2.24, 2.45) is 5.73 Å². The van der Waals surface area contributed by atoms with E-state index in [4.69, 9.17) is 14.9 Å². The van der Waals surface area contributed by atoms with Crippen LogP contribution in [0.1, 0.15) is 31.6 Å². The molecule has 5 heteroatoms. The number of rotatable bonds is 8. The summed E-state index contributed by atoms with van der Waals surface area (Å²) in [5.41, 5.74) is 5.98. The lowest BCUT2D eigenvalue weighted by Gasteiger charge is -2.18. The molecule has 1 amide bonds. The number of para-hydroxylation sites is 2. The molecule has 0 saturated heterocycles. The number of furan rings is 1. The van der Waals surface area contributed by atoms with Crippen LogP contribution < -0.4 is 15.8 Å². The van der Waals surface area contributed by atoms with Gasteiger partial charge in [-0.3, -0.25) is 4.79 Å². The maximum absolute atomic E-state index is 10.8. The minimum atomic E-state index is -0.373. The Hall–Kier alpha value is -2.43. The smallest absolute Gasteiger partial charge is 0.220 e. The summed E-state index contributed by atoms with van der Waals surface area (Å²) < 4.78 is 11.1. The van der Waals surface area contributed by atoms with E-state index in [-0.39, 0.29) is 25.0 Å². The summed E-state index contributed by atoms with van der Waals surface area (Å²) in [5.74, 6) is 1.20. The first-order chi connectivity index (χ1) is 10.2. The monoisotopic (exact) mass is 288 g/mol. The maximum Gasteiger partial charge on any atom is 0.220 e. The number of anilines is 1. The molecule has 112 valence electrons. The van der Waals surface area contributed by atoms with E-state index in [1.165, 1.54) is 0 Å². The summed E-state index contributed by atoms with van der Waals surface area (Å²) in [7, 11) is 0. The minimum absolute atomic E-state index is 0.0703. The molecule has 1 aromatic carbocycles. The molecule has 5 nitrogen and oxygen atoms in total. The molecule has 0 fully saturated rings. The number of ether oxygens (including phenoxy) is 1. The average Bonchev–Trinajstić information content (AvgIpc) is 3.00. The van der Waals surface area contributed by atoms with E-state index in [0.29, 0.717) is 5.75 Å². The van der Waals surface area contributed by atoms with Crippen molar-refractivity contribution in [3.63, 3.8) is 0 Å². The molecule has 3 N–H and O–H groups in total. The summed E-state index contributed by atoms with van der Waals surface area (Å²) >= 11 is 0. The lowest BCUT2D eigenvalue weighted by molar-refractivity contribution is -0.118. The zero-order chi connectivity index (χ0) is 15.1. The second-order valence-electron chi connectivity index (χ2n) is 4.68. The van der Waals surface area contributed by atoms with Crippen molar-refractivity contribution in [3.05, 3.63) is 48.4 Å². The number of nitrogens with two attached hydrogens (primary N) is 1. The quantitative estimate of drug-likeness (QED) is 0.782. The molecule has 0 aliphatic rings. The van der Waals surface area contributed by atoms with E-state index in [1.54, 1.807) is 6.26 Å². The Morgan fingerprint density at radius 1 is 1.33 bits per heavy atom. The highest BCUT2D eigenvalue weighted by atomic mass is 16.5. The molecule has 0 aliphatic carbocycles. The molecule has 21 heavy (non-hydrogen) atoms. The second kappa shape index (κ2) is 7.38. The summed E-state index contributed by atoms with van der Waals surface area (Å²) in [6.07, 6.45) is 2.74. The highest BCUT2D eigenvalue weighted by molar-refractivity contribution is 5.73. The molecule has 0 spiro atoms. The van der Waals surface area contributed by atoms with Gasteiger partial charge in [-0.15, -0.1) is 0 Å². The van der Waals surface area contributed by atoms with E-state index in [2.05, 4.69) is 12.2 Å². The van der Waals surface area contributed by atoms with E-state index in [0.717, 1.165) is 17.9 Å². The Morgan fingerprint density at radius 2 is 2.14 bits per heavy atom. The standard InChI is InChI=1S/C16H20N2O3/c1-2-12(14-8-5-10-20-14)18-13-6-3-4-7-15(13)21-11-9-16(17)19/h3-8,10,12,18H,2,9,11H2,1H3,(H2,17,19). The van der Waals surface area contributed by atoms with Crippen molar-refractivity contribution >= 4 is 11.6 Å². The largest absolute Gasteiger partial charge is 0.491 e. The van der Waals surface area contributed by atoms with Gasteiger partial charge in [0.05, 0.1) is 31.0 Å². The highest BCUT2D eigenvalue weighted by Gasteiger charge is 2.14. The van der Waals surface area contributed by atoms with Crippen LogP contribution in [0.3, 0.4) is 0 Å². The van der Waals surface area contributed by atoms with Crippen LogP contribution in [0, 0.1) is 0 Å². The van der Waals surface area contributed by atoms with Crippen LogP contribution in [-0.2, 0) is 4.79 Å². The molecule has 1 aromatic heterocycles. The first-order valence-electron chi connectivity index (χ1n) is 7.00. The normalized spacial score (nSPS) is 11.9. The molecule has 1 unspecified atom stereocenters. The third-order valence-corrected chi connectivity index (χ3v) is 3.12. The fraction of sp³-hybridized carbons (Fsp3) is 0.312. The van der Waals surface area contributed by atoms with Crippen molar-refractivity contribution in [2.45, 2.75) is 25.8 Å². The van der Waals surface area contributed by atoms with Crippen LogP contribution in [-0.4, -0.2) is 12.5 Å². The van der Waals surface area contributed by atoms with Crippen LogP contribution in [0.5, 0.6) is 5.75 Å². The average molecular weight is 288 g/mol. The zero-order valence-corrected chi connectivity index (χ0v) is 12.0. The third-order valence-electron chi connectivity index (χ3n) is 3.12. The number of benzene rings is 1. The van der Waals surface area contributed by atoms with E-state index < -0.39 is 0 Å². The zero-order valence-electron chi connectivity index (χ0n) is 12.0. The van der Waals surface area contributed by atoms with Gasteiger partial charge in [0.1, 0.15) is 11.5 Å². The van der Waals surface area contributed by atoms with Crippen LogP contribution >= 0.6 is 0 Å². The summed E-state index contributed by atoms with van der Waals surface area (Å²) in [6.45, 7) is 2.35. The fourth-order valence-electron chi connectivity index (χ4n) is 2.02. The van der Waals surface area contributed by atoms with E-state index in [1.807, 2.05) is 36.4 Å². The topological polar surface area (TPSA) is 77.5 Å². The van der Waals surface area contributed by atoms with E-state index >= 15 is 0 Å². The Morgan fingerprint density at radius 3 is 2.81 bits per heavy atom. The molecular formula is C16H20N2O3. The van der Waals surface area contributed by atoms with Gasteiger partial charge >= 0.3 is 0 Å². The highest BCUT2D eigenvalue weighted by Crippen LogP contribution is 2.29. The summed E-state index contributed by atoms with van der Waals surface area (Å²) in [4.78, 5) is 10.8. The molecule has 1 heterocycles. The molecule has 0 radical (unpaired) electrons. The molecule has 0 bridgehead atoms. The fourth-order valence-corrected chi connectivity index (χ4v) is 2.02. The lowest BCUT2D eigenvalue weighted by atomic mass is 10.1. The van der Waals surface area contributed by atoms with Gasteiger partial charge in [-0.05, 0) is 30.7 Å². The summed E-state index contributed by atoms with van der Waals surface area (Å²) in [6, 6.07) is 11.5. The van der Waals surface area contributed by atoms with Gasteiger partial charge in [0, 0.05) is 0 Å². The SMILES string of the molecule is CCC(Nc1ccccc1OCCC(N)=O)c1ccco1. The predicted molar refractivity (Wildman–Crippen MR) is 81.1 cm³/mol. The van der Waals surface area contributed by atoms with Crippen LogP contribution in [0.25, 0.3) is 0 Å². The molecule has 0 saturated carbocycles. The minimum Gasteiger partial charge on any atom is -0.491 e. The number of hydrogen-bond donors (Lipinski definition) is 2. The van der Waals surface area contributed by atoms with Crippen molar-refractivity contribution in [2.75, 3.05) is 11.9 Å². The molecular weight excluding hydrogens is 268 g/mol. The molecule has 2 aromatic rings. The van der Waals surface area contributed by atoms with Crippen molar-refractivity contribution < 1.29 is 13.9 Å². The van der Waals surface area contributed by atoms with Gasteiger partial charge < -0.3 is 20.2 Å². The first-order valence-corrected chi connectivity index (χ1v) is 7.00. The third kappa shape index (κ3) is 4.27. The number of carbonyl (C=O) groups excluding carboxylic acids is 1. The number of carbonyl (C=O) groups is 1. The van der Waals surface area contributed by atoms with Crippen LogP contribution in [0.15, 0.2) is 47.1 Å². The molecule has 1 atom stereocenters. The Labute approximate surface area is 124 Å². The van der Waals surface area contributed by atoms with Crippen LogP contribution in [0.2, 0.25) is 0 Å². The van der Waals surface area contributed by atoms with Crippen molar-refractivity contribution in [1.29, 1.82) is 0 Å². The molecule has 0 aliphatic heterocycles. The van der Waals surface area contributed by atoms with E-state index in [9.17, 15) is 4.79 Å². The van der Waals surface area contributed by atoms with Crippen LogP contribution in [0.4, 0.5) is 5.69 Å². The Bertz CT molecular complexity index is 567. The Balaban J connectivity index is 2.06. The molecule has 2 rings (SSSR count). The maximum atomic E-state index is 10.8. The van der Waals surface area contributed by atoms with Gasteiger partial charge in [-0.2, -0.15) is 0 Å². The van der Waals surface area contributed by atoms with Crippen molar-refractivity contribution in [1.82, 2.24) is 0 Å². The predicted octanol–water partition coefficient (Wildman–Crippen LogP) is 3.10.